The number of carbonyl (C=O) groups is 1. The van der Waals surface area contributed by atoms with Crippen molar-refractivity contribution in [1.29, 1.82) is 0 Å². The Labute approximate surface area is 51.6 Å². The fraction of sp³-hybridized carbons (Fsp3) is 0.500. The molecule has 8 heavy (non-hydrogen) atoms. The number of aliphatic imine (C=N–C) groups is 1. The molecular weight excluding hydrogens is 124 g/mol. The maximum Gasteiger partial charge on any atom is 0.232 e. The van der Waals surface area contributed by atoms with Crippen LogP contribution < -0.4 is 5.32 Å². The molecule has 1 aliphatic rings. The Bertz CT molecular complexity index is 125. The van der Waals surface area contributed by atoms with Gasteiger partial charge in [0.05, 0.1) is 5.75 Å². The zero-order valence-electron chi connectivity index (χ0n) is 4.26. The van der Waals surface area contributed by atoms with Crippen molar-refractivity contribution in [3.8, 4) is 0 Å². The lowest BCUT2D eigenvalue weighted by atomic mass is 10.7. The van der Waals surface area contributed by atoms with E-state index in [0.717, 1.165) is 0 Å². The van der Waals surface area contributed by atoms with Crippen molar-refractivity contribution in [3.63, 3.8) is 0 Å². The summed E-state index contributed by atoms with van der Waals surface area (Å²) in [4.78, 5) is 14.0. The van der Waals surface area contributed by atoms with Gasteiger partial charge in [0, 0.05) is 0 Å². The first-order valence-corrected chi connectivity index (χ1v) is 3.24. The van der Waals surface area contributed by atoms with E-state index in [9.17, 15) is 4.79 Å². The fourth-order valence-electron chi connectivity index (χ4n) is 0.474. The van der Waals surface area contributed by atoms with E-state index >= 15 is 0 Å². The number of nitrogens with one attached hydrogen (secondary N) is 1. The van der Waals surface area contributed by atoms with Crippen LogP contribution in [0.25, 0.3) is 0 Å². The predicted octanol–water partition coefficient (Wildman–Crippen LogP) is -0.166. The average molecular weight is 130 g/mol. The minimum absolute atomic E-state index is 0.0485. The number of hydrogen-bond acceptors (Lipinski definition) is 3. The van der Waals surface area contributed by atoms with E-state index in [-0.39, 0.29) is 11.4 Å². The van der Waals surface area contributed by atoms with Crippen LogP contribution in [0, 0.1) is 0 Å². The summed E-state index contributed by atoms with van der Waals surface area (Å²) < 4.78 is 0. The van der Waals surface area contributed by atoms with Crippen molar-refractivity contribution in [2.45, 2.75) is 5.50 Å². The summed E-state index contributed by atoms with van der Waals surface area (Å²) >= 11 is 1.46. The molecule has 44 valence electrons. The van der Waals surface area contributed by atoms with Gasteiger partial charge in [-0.15, -0.1) is 11.8 Å². The summed E-state index contributed by atoms with van der Waals surface area (Å²) in [6.45, 7) is 3.29. The van der Waals surface area contributed by atoms with Crippen LogP contribution in [-0.2, 0) is 4.79 Å². The topological polar surface area (TPSA) is 41.5 Å². The molecule has 0 radical (unpaired) electrons. The Hall–Kier alpha value is -0.510. The molecule has 3 nitrogen and oxygen atoms in total. The van der Waals surface area contributed by atoms with Crippen LogP contribution in [-0.4, -0.2) is 23.9 Å². The van der Waals surface area contributed by atoms with Gasteiger partial charge in [0.2, 0.25) is 5.91 Å². The number of nitrogens with zero attached hydrogens (tertiary/aromatic N) is 1. The highest BCUT2D eigenvalue weighted by molar-refractivity contribution is 8.01. The second-order valence-electron chi connectivity index (χ2n) is 1.41. The lowest BCUT2D eigenvalue weighted by molar-refractivity contribution is -0.118. The van der Waals surface area contributed by atoms with Crippen molar-refractivity contribution in [2.24, 2.45) is 4.99 Å². The summed E-state index contributed by atoms with van der Waals surface area (Å²) in [6.07, 6.45) is 0. The molecule has 1 N–H and O–H groups in total. The average Bonchev–Trinajstić information content (AvgIpc) is 2.14. The van der Waals surface area contributed by atoms with E-state index in [1.54, 1.807) is 0 Å². The third kappa shape index (κ3) is 1.01. The molecule has 0 aliphatic carbocycles. The first-order chi connectivity index (χ1) is 3.83. The number of rotatable bonds is 1. The molecule has 1 aliphatic heterocycles. The molecule has 1 rings (SSSR count). The molecular formula is C4H6N2OS. The molecule has 4 heteroatoms. The molecule has 0 aromatic carbocycles. The van der Waals surface area contributed by atoms with E-state index in [2.05, 4.69) is 17.0 Å². The van der Waals surface area contributed by atoms with Crippen molar-refractivity contribution in [2.75, 3.05) is 5.75 Å². The summed E-state index contributed by atoms with van der Waals surface area (Å²) in [5.41, 5.74) is -0.0949. The minimum atomic E-state index is -0.0949. The van der Waals surface area contributed by atoms with Crippen molar-refractivity contribution in [1.82, 2.24) is 5.32 Å². The van der Waals surface area contributed by atoms with Gasteiger partial charge in [0.15, 0.2) is 5.50 Å². The van der Waals surface area contributed by atoms with Gasteiger partial charge >= 0.3 is 0 Å². The van der Waals surface area contributed by atoms with E-state index in [1.165, 1.54) is 11.8 Å². The van der Waals surface area contributed by atoms with Crippen LogP contribution in [0.3, 0.4) is 0 Å². The summed E-state index contributed by atoms with van der Waals surface area (Å²) in [7, 11) is 0. The van der Waals surface area contributed by atoms with Gasteiger partial charge in [-0.25, -0.2) is 0 Å². The van der Waals surface area contributed by atoms with Crippen molar-refractivity contribution < 1.29 is 4.79 Å². The molecule has 0 aromatic heterocycles. The Morgan fingerprint density at radius 2 is 2.75 bits per heavy atom. The van der Waals surface area contributed by atoms with Crippen molar-refractivity contribution >= 4 is 24.4 Å². The molecule has 1 fully saturated rings. The summed E-state index contributed by atoms with van der Waals surface area (Å²) in [5.74, 6) is 0.566. The van der Waals surface area contributed by atoms with Crippen LogP contribution in [0.5, 0.6) is 0 Å². The predicted molar refractivity (Wildman–Crippen MR) is 33.9 cm³/mol. The lowest BCUT2D eigenvalue weighted by Gasteiger charge is -1.96. The van der Waals surface area contributed by atoms with E-state index < -0.39 is 0 Å². The monoisotopic (exact) mass is 130 g/mol. The first-order valence-electron chi connectivity index (χ1n) is 2.20. The standard InChI is InChI=1S/C4H6N2OS/c1-5-4-6-3(7)2-8-4/h4H,1-2H2,(H,6,7). The van der Waals surface area contributed by atoms with E-state index in [0.29, 0.717) is 5.75 Å². The molecule has 1 amide bonds. The van der Waals surface area contributed by atoms with Gasteiger partial charge < -0.3 is 5.32 Å². The Balaban J connectivity index is 2.43. The molecule has 1 heterocycles. The van der Waals surface area contributed by atoms with Gasteiger partial charge in [-0.3, -0.25) is 9.79 Å². The zero-order valence-corrected chi connectivity index (χ0v) is 5.07. The number of amides is 1. The van der Waals surface area contributed by atoms with Gasteiger partial charge in [0.1, 0.15) is 0 Å². The molecule has 0 bridgehead atoms. The van der Waals surface area contributed by atoms with Crippen LogP contribution in [0.1, 0.15) is 0 Å². The summed E-state index contributed by atoms with van der Waals surface area (Å²) in [5, 5.41) is 2.60. The molecule has 0 aromatic rings. The summed E-state index contributed by atoms with van der Waals surface area (Å²) in [6, 6.07) is 0. The van der Waals surface area contributed by atoms with Crippen LogP contribution in [0.2, 0.25) is 0 Å². The fourth-order valence-corrected chi connectivity index (χ4v) is 1.19. The van der Waals surface area contributed by atoms with Crippen LogP contribution >= 0.6 is 11.8 Å². The smallest absolute Gasteiger partial charge is 0.232 e. The minimum Gasteiger partial charge on any atom is -0.325 e. The Kier molecular flexibility index (Phi) is 1.53. The second-order valence-corrected chi connectivity index (χ2v) is 2.48. The Morgan fingerprint density at radius 1 is 2.00 bits per heavy atom. The number of hydrogen-bond donors (Lipinski definition) is 1. The molecule has 0 saturated carbocycles. The molecule has 0 spiro atoms. The highest BCUT2D eigenvalue weighted by Crippen LogP contribution is 2.14. The third-order valence-electron chi connectivity index (χ3n) is 0.823. The van der Waals surface area contributed by atoms with Crippen LogP contribution in [0.15, 0.2) is 4.99 Å². The number of carbonyl (C=O) groups excluding carboxylic acids is 1. The first kappa shape index (κ1) is 5.62. The van der Waals surface area contributed by atoms with Gasteiger partial charge in [-0.2, -0.15) is 0 Å². The highest BCUT2D eigenvalue weighted by atomic mass is 32.2. The van der Waals surface area contributed by atoms with Gasteiger partial charge in [0.25, 0.3) is 0 Å². The second kappa shape index (κ2) is 2.17. The number of thioether (sulfide) groups is 1. The quantitative estimate of drug-likeness (QED) is 0.501. The van der Waals surface area contributed by atoms with Gasteiger partial charge in [-0.1, -0.05) is 0 Å². The maximum atomic E-state index is 10.4. The molecule has 1 unspecified atom stereocenters. The lowest BCUT2D eigenvalue weighted by Crippen LogP contribution is -2.22. The molecule has 1 saturated heterocycles. The van der Waals surface area contributed by atoms with Crippen molar-refractivity contribution in [3.05, 3.63) is 0 Å². The highest BCUT2D eigenvalue weighted by Gasteiger charge is 2.18. The van der Waals surface area contributed by atoms with Gasteiger partial charge in [-0.05, 0) is 6.72 Å². The zero-order chi connectivity index (χ0) is 5.98. The largest absolute Gasteiger partial charge is 0.325 e. The third-order valence-corrected chi connectivity index (χ3v) is 1.83. The van der Waals surface area contributed by atoms with E-state index in [1.807, 2.05) is 0 Å². The Morgan fingerprint density at radius 3 is 3.00 bits per heavy atom. The molecule has 1 atom stereocenters. The van der Waals surface area contributed by atoms with Crippen LogP contribution in [0.4, 0.5) is 0 Å². The maximum absolute atomic E-state index is 10.4. The SMILES string of the molecule is C=NC1NC(=O)CS1. The van der Waals surface area contributed by atoms with E-state index in [4.69, 9.17) is 0 Å². The normalized spacial score (nSPS) is 27.5.